The molecular weight excluding hydrogens is 156 g/mol. The zero-order chi connectivity index (χ0) is 9.56. The molecule has 68 valence electrons. The Morgan fingerprint density at radius 1 is 1.75 bits per heavy atom. The van der Waals surface area contributed by atoms with Crippen LogP contribution in [0.5, 0.6) is 0 Å². The van der Waals surface area contributed by atoms with Crippen LogP contribution in [0.3, 0.4) is 0 Å². The van der Waals surface area contributed by atoms with Crippen LogP contribution in [-0.2, 0) is 4.79 Å². The fourth-order valence-electron chi connectivity index (χ4n) is 0.915. The van der Waals surface area contributed by atoms with Crippen molar-refractivity contribution in [2.24, 2.45) is 0 Å². The molecule has 0 saturated heterocycles. The van der Waals surface area contributed by atoms with E-state index in [0.29, 0.717) is 6.42 Å². The maximum atomic E-state index is 11.2. The summed E-state index contributed by atoms with van der Waals surface area (Å²) in [5, 5.41) is 17.2. The fraction of sp³-hybridized carbons (Fsp3) is 0.750. The zero-order valence-corrected chi connectivity index (χ0v) is 7.45. The first-order valence-corrected chi connectivity index (χ1v) is 3.97. The van der Waals surface area contributed by atoms with Crippen LogP contribution >= 0.6 is 0 Å². The monoisotopic (exact) mass is 170 g/mol. The number of nitrogens with zero attached hydrogens (tertiary/aromatic N) is 2. The Hall–Kier alpha value is -1.08. The maximum Gasteiger partial charge on any atom is 0.223 e. The zero-order valence-electron chi connectivity index (χ0n) is 7.45. The van der Waals surface area contributed by atoms with Crippen LogP contribution in [0.1, 0.15) is 20.3 Å². The smallest absolute Gasteiger partial charge is 0.223 e. The number of rotatable bonds is 4. The third-order valence-corrected chi connectivity index (χ3v) is 1.62. The summed E-state index contributed by atoms with van der Waals surface area (Å²) in [6.45, 7) is 3.51. The highest BCUT2D eigenvalue weighted by Gasteiger charge is 2.16. The van der Waals surface area contributed by atoms with Gasteiger partial charge in [-0.15, -0.1) is 0 Å². The third kappa shape index (κ3) is 2.89. The SMILES string of the molecule is CCC(=O)N(CCO)C(C)C#N. The molecule has 0 fully saturated rings. The quantitative estimate of drug-likeness (QED) is 0.652. The van der Waals surface area contributed by atoms with Gasteiger partial charge in [-0.05, 0) is 6.92 Å². The topological polar surface area (TPSA) is 64.3 Å². The van der Waals surface area contributed by atoms with E-state index in [-0.39, 0.29) is 19.1 Å². The molecule has 4 nitrogen and oxygen atoms in total. The lowest BCUT2D eigenvalue weighted by atomic mass is 10.3. The molecule has 0 saturated carbocycles. The molecule has 0 aromatic heterocycles. The number of amides is 1. The van der Waals surface area contributed by atoms with E-state index in [4.69, 9.17) is 10.4 Å². The molecule has 0 aliphatic rings. The van der Waals surface area contributed by atoms with Crippen LogP contribution in [0.4, 0.5) is 0 Å². The fourth-order valence-corrected chi connectivity index (χ4v) is 0.915. The summed E-state index contributed by atoms with van der Waals surface area (Å²) in [6.07, 6.45) is 0.367. The van der Waals surface area contributed by atoms with Gasteiger partial charge in [-0.2, -0.15) is 5.26 Å². The number of hydrogen-bond donors (Lipinski definition) is 1. The van der Waals surface area contributed by atoms with Gasteiger partial charge in [0, 0.05) is 13.0 Å². The minimum absolute atomic E-state index is 0.0990. The van der Waals surface area contributed by atoms with Crippen LogP contribution in [0, 0.1) is 11.3 Å². The van der Waals surface area contributed by atoms with Crippen molar-refractivity contribution in [3.63, 3.8) is 0 Å². The average Bonchev–Trinajstić information content (AvgIpc) is 2.11. The summed E-state index contributed by atoms with van der Waals surface area (Å²) in [4.78, 5) is 12.5. The molecule has 0 aliphatic heterocycles. The van der Waals surface area contributed by atoms with Gasteiger partial charge in [-0.3, -0.25) is 4.79 Å². The Morgan fingerprint density at radius 3 is 2.67 bits per heavy atom. The second-order valence-corrected chi connectivity index (χ2v) is 2.47. The Labute approximate surface area is 72.4 Å². The van der Waals surface area contributed by atoms with Gasteiger partial charge in [-0.25, -0.2) is 0 Å². The molecule has 0 aromatic rings. The predicted molar refractivity (Wildman–Crippen MR) is 44.2 cm³/mol. The lowest BCUT2D eigenvalue weighted by molar-refractivity contribution is -0.132. The largest absolute Gasteiger partial charge is 0.395 e. The number of nitriles is 1. The van der Waals surface area contributed by atoms with E-state index in [1.165, 1.54) is 4.90 Å². The van der Waals surface area contributed by atoms with Gasteiger partial charge in [0.05, 0.1) is 12.7 Å². The predicted octanol–water partition coefficient (Wildman–Crippen LogP) is 0.129. The number of aliphatic hydroxyl groups is 1. The number of carbonyl (C=O) groups is 1. The normalized spacial score (nSPS) is 11.8. The van der Waals surface area contributed by atoms with E-state index in [9.17, 15) is 4.79 Å². The number of carbonyl (C=O) groups excluding carboxylic acids is 1. The molecule has 0 radical (unpaired) electrons. The van der Waals surface area contributed by atoms with Crippen LogP contribution < -0.4 is 0 Å². The van der Waals surface area contributed by atoms with E-state index in [2.05, 4.69) is 0 Å². The molecule has 1 atom stereocenters. The molecule has 0 aliphatic carbocycles. The van der Waals surface area contributed by atoms with Crippen molar-refractivity contribution in [3.05, 3.63) is 0 Å². The first-order chi connectivity index (χ1) is 5.67. The highest BCUT2D eigenvalue weighted by atomic mass is 16.3. The third-order valence-electron chi connectivity index (χ3n) is 1.62. The second kappa shape index (κ2) is 5.56. The molecule has 0 aromatic carbocycles. The van der Waals surface area contributed by atoms with Crippen molar-refractivity contribution in [1.82, 2.24) is 4.90 Å². The first kappa shape index (κ1) is 10.9. The van der Waals surface area contributed by atoms with Gasteiger partial charge >= 0.3 is 0 Å². The Bertz CT molecular complexity index is 186. The van der Waals surface area contributed by atoms with Crippen molar-refractivity contribution in [2.75, 3.05) is 13.2 Å². The highest BCUT2D eigenvalue weighted by Crippen LogP contribution is 2.00. The minimum Gasteiger partial charge on any atom is -0.395 e. The first-order valence-electron chi connectivity index (χ1n) is 3.97. The Morgan fingerprint density at radius 2 is 2.33 bits per heavy atom. The molecule has 0 rings (SSSR count). The maximum absolute atomic E-state index is 11.2. The van der Waals surface area contributed by atoms with Crippen molar-refractivity contribution >= 4 is 5.91 Å². The van der Waals surface area contributed by atoms with Crippen LogP contribution in [0.15, 0.2) is 0 Å². The highest BCUT2D eigenvalue weighted by molar-refractivity contribution is 5.76. The van der Waals surface area contributed by atoms with Crippen molar-refractivity contribution < 1.29 is 9.90 Å². The molecule has 1 unspecified atom stereocenters. The Balaban J connectivity index is 4.23. The van der Waals surface area contributed by atoms with Crippen molar-refractivity contribution in [2.45, 2.75) is 26.3 Å². The van der Waals surface area contributed by atoms with Gasteiger partial charge in [0.1, 0.15) is 6.04 Å². The molecule has 0 spiro atoms. The van der Waals surface area contributed by atoms with Crippen molar-refractivity contribution in [3.8, 4) is 6.07 Å². The van der Waals surface area contributed by atoms with Crippen molar-refractivity contribution in [1.29, 1.82) is 5.26 Å². The average molecular weight is 170 g/mol. The van der Waals surface area contributed by atoms with E-state index >= 15 is 0 Å². The molecule has 12 heavy (non-hydrogen) atoms. The summed E-state index contributed by atoms with van der Waals surface area (Å²) in [7, 11) is 0. The molecule has 1 N–H and O–H groups in total. The van der Waals surface area contributed by atoms with Crippen LogP contribution in [0.2, 0.25) is 0 Å². The lowest BCUT2D eigenvalue weighted by Crippen LogP contribution is -2.39. The van der Waals surface area contributed by atoms with Gasteiger partial charge < -0.3 is 10.0 Å². The van der Waals surface area contributed by atoms with Crippen LogP contribution in [0.25, 0.3) is 0 Å². The van der Waals surface area contributed by atoms with Crippen LogP contribution in [-0.4, -0.2) is 35.1 Å². The molecule has 0 heterocycles. The Kier molecular flexibility index (Phi) is 5.06. The van der Waals surface area contributed by atoms with Gasteiger partial charge in [0.2, 0.25) is 5.91 Å². The van der Waals surface area contributed by atoms with E-state index < -0.39 is 6.04 Å². The summed E-state index contributed by atoms with van der Waals surface area (Å²) >= 11 is 0. The summed E-state index contributed by atoms with van der Waals surface area (Å²) in [6, 6.07) is 1.50. The van der Waals surface area contributed by atoms with Gasteiger partial charge in [0.25, 0.3) is 0 Å². The summed E-state index contributed by atoms with van der Waals surface area (Å²) < 4.78 is 0. The number of hydrogen-bond acceptors (Lipinski definition) is 3. The van der Waals surface area contributed by atoms with E-state index in [1.807, 2.05) is 6.07 Å². The summed E-state index contributed by atoms with van der Waals surface area (Å²) in [5.74, 6) is -0.0990. The van der Waals surface area contributed by atoms with E-state index in [1.54, 1.807) is 13.8 Å². The molecule has 4 heteroatoms. The molecule has 1 amide bonds. The van der Waals surface area contributed by atoms with Gasteiger partial charge in [0.15, 0.2) is 0 Å². The number of aliphatic hydroxyl groups excluding tert-OH is 1. The minimum atomic E-state index is -0.454. The summed E-state index contributed by atoms with van der Waals surface area (Å²) in [5.41, 5.74) is 0. The molecule has 0 bridgehead atoms. The molecular formula is C8H14N2O2. The lowest BCUT2D eigenvalue weighted by Gasteiger charge is -2.23. The standard InChI is InChI=1S/C8H14N2O2/c1-3-8(12)10(4-5-11)7(2)6-9/h7,11H,3-5H2,1-2H3. The van der Waals surface area contributed by atoms with Gasteiger partial charge in [-0.1, -0.05) is 6.92 Å². The van der Waals surface area contributed by atoms with E-state index in [0.717, 1.165) is 0 Å². The second-order valence-electron chi connectivity index (χ2n) is 2.47.